The summed E-state index contributed by atoms with van der Waals surface area (Å²) in [7, 11) is -3.51. The molecule has 0 aromatic rings. The minimum atomic E-state index is -3.51. The Labute approximate surface area is 113 Å². The highest BCUT2D eigenvalue weighted by Gasteiger charge is 2.53. The molecular weight excluding hydrogens is 271 g/mol. The van der Waals surface area contributed by atoms with Gasteiger partial charge in [-0.2, -0.15) is 0 Å². The molecule has 2 unspecified atom stereocenters. The van der Waals surface area contributed by atoms with Crippen molar-refractivity contribution in [3.8, 4) is 0 Å². The van der Waals surface area contributed by atoms with Gasteiger partial charge in [0, 0.05) is 6.61 Å². The van der Waals surface area contributed by atoms with E-state index in [1.807, 2.05) is 0 Å². The Bertz CT molecular complexity index is 380. The number of aliphatic hydroxyl groups excluding tert-OH is 2. The maximum atomic E-state index is 11.6. The predicted molar refractivity (Wildman–Crippen MR) is 68.3 cm³/mol. The average molecular weight is 292 g/mol. The van der Waals surface area contributed by atoms with Crippen LogP contribution in [0.1, 0.15) is 51.4 Å². The number of hydrogen-bond donors (Lipinski definition) is 2. The van der Waals surface area contributed by atoms with E-state index in [2.05, 4.69) is 4.52 Å². The maximum absolute atomic E-state index is 11.6. The second kappa shape index (κ2) is 6.64. The van der Waals surface area contributed by atoms with Gasteiger partial charge in [0.05, 0.1) is 0 Å². The Morgan fingerprint density at radius 3 is 2.21 bits per heavy atom. The summed E-state index contributed by atoms with van der Waals surface area (Å²) in [6.07, 6.45) is 7.68. The van der Waals surface area contributed by atoms with E-state index >= 15 is 0 Å². The second-order valence-electron chi connectivity index (χ2n) is 4.88. The summed E-state index contributed by atoms with van der Waals surface area (Å²) in [4.78, 5) is 0. The normalized spacial score (nSPS) is 28.6. The highest BCUT2D eigenvalue weighted by Crippen LogP contribution is 2.66. The van der Waals surface area contributed by atoms with E-state index < -0.39 is 13.9 Å². The fourth-order valence-corrected chi connectivity index (χ4v) is 3.66. The van der Waals surface area contributed by atoms with Crippen LogP contribution in [0.15, 0.2) is 11.7 Å². The molecule has 2 atom stereocenters. The number of hydrogen-bond acceptors (Lipinski definition) is 6. The van der Waals surface area contributed by atoms with Crippen molar-refractivity contribution < 1.29 is 28.3 Å². The molecule has 0 aliphatic carbocycles. The van der Waals surface area contributed by atoms with Gasteiger partial charge in [0.2, 0.25) is 5.76 Å². The van der Waals surface area contributed by atoms with Crippen molar-refractivity contribution in [2.75, 3.05) is 6.61 Å². The molecule has 2 rings (SSSR count). The van der Waals surface area contributed by atoms with E-state index in [1.165, 1.54) is 0 Å². The maximum Gasteiger partial charge on any atom is 0.590 e. The topological polar surface area (TPSA) is 85.2 Å². The van der Waals surface area contributed by atoms with Gasteiger partial charge in [0.1, 0.15) is 6.10 Å². The third kappa shape index (κ3) is 3.88. The molecule has 0 radical (unpaired) electrons. The van der Waals surface area contributed by atoms with Crippen LogP contribution >= 0.6 is 7.82 Å². The molecule has 0 aromatic carbocycles. The fourth-order valence-electron chi connectivity index (χ4n) is 2.28. The first-order valence-electron chi connectivity index (χ1n) is 6.86. The van der Waals surface area contributed by atoms with Crippen molar-refractivity contribution in [3.63, 3.8) is 0 Å². The molecule has 1 saturated heterocycles. The number of rotatable bonds is 9. The minimum absolute atomic E-state index is 0.186. The number of fused-ring (bicyclic) bond motifs is 2. The lowest BCUT2D eigenvalue weighted by molar-refractivity contribution is 0.121. The van der Waals surface area contributed by atoms with Crippen molar-refractivity contribution in [2.24, 2.45) is 0 Å². The fraction of sp³-hybridized carbons (Fsp3) is 0.833. The average Bonchev–Trinajstić information content (AvgIpc) is 2.84. The van der Waals surface area contributed by atoms with Gasteiger partial charge in [-0.1, -0.05) is 38.5 Å². The Kier molecular flexibility index (Phi) is 5.13. The summed E-state index contributed by atoms with van der Waals surface area (Å²) in [5.74, 6) is -0.199. The molecule has 2 bridgehead atoms. The quantitative estimate of drug-likeness (QED) is 0.500. The van der Waals surface area contributed by atoms with Crippen LogP contribution in [0.25, 0.3) is 0 Å². The molecule has 0 aromatic heterocycles. The van der Waals surface area contributed by atoms with Crippen LogP contribution in [0.4, 0.5) is 0 Å². The first-order valence-corrected chi connectivity index (χ1v) is 8.32. The summed E-state index contributed by atoms with van der Waals surface area (Å²) in [5.41, 5.74) is 0. The van der Waals surface area contributed by atoms with E-state index in [-0.39, 0.29) is 18.3 Å². The van der Waals surface area contributed by atoms with Crippen molar-refractivity contribution in [1.29, 1.82) is 0 Å². The zero-order chi connectivity index (χ0) is 13.7. The van der Waals surface area contributed by atoms with Gasteiger partial charge in [0.15, 0.2) is 0 Å². The third-order valence-corrected chi connectivity index (χ3v) is 4.62. The molecule has 0 amide bonds. The summed E-state index contributed by atoms with van der Waals surface area (Å²) in [5, 5.41) is 18.0. The van der Waals surface area contributed by atoms with Crippen molar-refractivity contribution in [2.45, 2.75) is 57.5 Å². The number of aliphatic hydroxyl groups is 2. The van der Waals surface area contributed by atoms with Crippen LogP contribution in [-0.2, 0) is 18.1 Å². The summed E-state index contributed by atoms with van der Waals surface area (Å²) in [6.45, 7) is 0.278. The lowest BCUT2D eigenvalue weighted by atomic mass is 10.1. The number of unbranched alkanes of at least 4 members (excludes halogenated alkanes) is 6. The van der Waals surface area contributed by atoms with E-state index in [9.17, 15) is 9.67 Å². The van der Waals surface area contributed by atoms with Gasteiger partial charge in [-0.05, 0) is 12.8 Å². The first-order chi connectivity index (χ1) is 9.14. The largest absolute Gasteiger partial charge is 0.590 e. The molecule has 2 aliphatic heterocycles. The molecule has 2 N–H and O–H groups in total. The van der Waals surface area contributed by atoms with E-state index in [4.69, 9.17) is 14.2 Å². The van der Waals surface area contributed by atoms with Crippen LogP contribution in [0.2, 0.25) is 0 Å². The van der Waals surface area contributed by atoms with Crippen molar-refractivity contribution in [1.82, 2.24) is 0 Å². The summed E-state index contributed by atoms with van der Waals surface area (Å²) < 4.78 is 26.2. The molecule has 7 heteroatoms. The Balaban J connectivity index is 1.55. The molecular formula is C12H21O6P. The molecule has 1 fully saturated rings. The Hall–Kier alpha value is -0.710. The van der Waals surface area contributed by atoms with E-state index in [0.717, 1.165) is 44.9 Å². The standard InChI is InChI=1S/C12H21O6P/c13-9-7-5-3-1-2-4-6-8-10-11-12(14)18-19(15,16-10)17-11/h10,13-14H,1-9H2. The van der Waals surface area contributed by atoms with Gasteiger partial charge in [0.25, 0.3) is 0 Å². The van der Waals surface area contributed by atoms with Crippen LogP contribution in [0.3, 0.4) is 0 Å². The van der Waals surface area contributed by atoms with Crippen LogP contribution in [0.5, 0.6) is 0 Å². The first kappa shape index (κ1) is 14.7. The molecule has 2 aliphatic rings. The smallest absolute Gasteiger partial charge is 0.478 e. The van der Waals surface area contributed by atoms with Crippen LogP contribution in [0, 0.1) is 0 Å². The predicted octanol–water partition coefficient (Wildman–Crippen LogP) is 3.38. The van der Waals surface area contributed by atoms with Gasteiger partial charge in [-0.15, -0.1) is 0 Å². The molecule has 0 saturated carbocycles. The lowest BCUT2D eigenvalue weighted by Gasteiger charge is -2.12. The minimum Gasteiger partial charge on any atom is -0.478 e. The van der Waals surface area contributed by atoms with Gasteiger partial charge in [-0.25, -0.2) is 4.57 Å². The van der Waals surface area contributed by atoms with Crippen molar-refractivity contribution in [3.05, 3.63) is 11.7 Å². The van der Waals surface area contributed by atoms with Crippen LogP contribution < -0.4 is 0 Å². The number of phosphoric ester groups is 1. The molecule has 6 nitrogen and oxygen atoms in total. The summed E-state index contributed by atoms with van der Waals surface area (Å²) in [6, 6.07) is 0. The zero-order valence-electron chi connectivity index (χ0n) is 10.9. The number of phosphoric acid groups is 1. The van der Waals surface area contributed by atoms with Crippen molar-refractivity contribution >= 4 is 7.82 Å². The highest BCUT2D eigenvalue weighted by atomic mass is 31.2. The van der Waals surface area contributed by atoms with Crippen LogP contribution in [-0.4, -0.2) is 22.9 Å². The Morgan fingerprint density at radius 2 is 1.63 bits per heavy atom. The third-order valence-electron chi connectivity index (χ3n) is 3.29. The van der Waals surface area contributed by atoms with Gasteiger partial charge < -0.3 is 19.3 Å². The van der Waals surface area contributed by atoms with Gasteiger partial charge >= 0.3 is 13.8 Å². The van der Waals surface area contributed by atoms with Gasteiger partial charge in [-0.3, -0.25) is 4.52 Å². The Morgan fingerprint density at radius 1 is 1.00 bits per heavy atom. The zero-order valence-corrected chi connectivity index (χ0v) is 11.8. The highest BCUT2D eigenvalue weighted by molar-refractivity contribution is 7.49. The second-order valence-corrected chi connectivity index (χ2v) is 6.35. The molecule has 2 heterocycles. The lowest BCUT2D eigenvalue weighted by Crippen LogP contribution is -2.12. The van der Waals surface area contributed by atoms with E-state index in [1.54, 1.807) is 0 Å². The molecule has 0 spiro atoms. The monoisotopic (exact) mass is 292 g/mol. The SMILES string of the molecule is O=P12OC(O)=C(O1)C(CCCCCCCCCO)O2. The molecule has 19 heavy (non-hydrogen) atoms. The summed E-state index contributed by atoms with van der Waals surface area (Å²) >= 11 is 0. The molecule has 110 valence electrons. The van der Waals surface area contributed by atoms with E-state index in [0.29, 0.717) is 6.42 Å².